The molecule has 0 bridgehead atoms. The van der Waals surface area contributed by atoms with Crippen molar-refractivity contribution in [3.05, 3.63) is 29.6 Å². The second-order valence-electron chi connectivity index (χ2n) is 3.90. The minimum Gasteiger partial charge on any atom is -0.268 e. The molecule has 0 aromatic carbocycles. The van der Waals surface area contributed by atoms with Crippen molar-refractivity contribution in [2.24, 2.45) is 5.84 Å². The van der Waals surface area contributed by atoms with E-state index in [1.54, 1.807) is 6.20 Å². The van der Waals surface area contributed by atoms with E-state index in [4.69, 9.17) is 12.3 Å². The van der Waals surface area contributed by atoms with Crippen molar-refractivity contribution < 1.29 is 0 Å². The number of hydrogen-bond donors (Lipinski definition) is 1. The van der Waals surface area contributed by atoms with Crippen LogP contribution in [0.25, 0.3) is 0 Å². The van der Waals surface area contributed by atoms with Crippen LogP contribution in [0.3, 0.4) is 0 Å². The van der Waals surface area contributed by atoms with Gasteiger partial charge in [0, 0.05) is 24.5 Å². The van der Waals surface area contributed by atoms with Crippen LogP contribution >= 0.6 is 0 Å². The lowest BCUT2D eigenvalue weighted by atomic mass is 9.97. The molecular weight excluding hydrogens is 186 g/mol. The van der Waals surface area contributed by atoms with Crippen molar-refractivity contribution in [2.45, 2.75) is 25.3 Å². The molecule has 1 aromatic heterocycles. The molecule has 1 atom stereocenters. The molecule has 0 amide bonds. The molecule has 1 fully saturated rings. The summed E-state index contributed by atoms with van der Waals surface area (Å²) in [6, 6.07) is 2.28. The number of terminal acetylenes is 1. The molecule has 3 nitrogen and oxygen atoms in total. The standard InChI is InChI=1S/C12H15N3/c1-2-10-7-11(9-14-8-10)12-5-3-4-6-15(12)13/h1,7-9,12H,3-6,13H2/t12-/m1/s1. The Labute approximate surface area is 90.3 Å². The normalized spacial score (nSPS) is 22.3. The van der Waals surface area contributed by atoms with Gasteiger partial charge in [-0.25, -0.2) is 5.01 Å². The highest BCUT2D eigenvalue weighted by Crippen LogP contribution is 2.27. The zero-order valence-corrected chi connectivity index (χ0v) is 8.69. The Morgan fingerprint density at radius 1 is 1.47 bits per heavy atom. The van der Waals surface area contributed by atoms with Crippen LogP contribution in [0.1, 0.15) is 36.4 Å². The van der Waals surface area contributed by atoms with Gasteiger partial charge in [0.25, 0.3) is 0 Å². The van der Waals surface area contributed by atoms with Crippen LogP contribution in [0, 0.1) is 12.3 Å². The Bertz CT molecular complexity index is 381. The topological polar surface area (TPSA) is 42.2 Å². The van der Waals surface area contributed by atoms with Gasteiger partial charge in [0.15, 0.2) is 0 Å². The van der Waals surface area contributed by atoms with Gasteiger partial charge in [-0.2, -0.15) is 0 Å². The van der Waals surface area contributed by atoms with E-state index in [0.29, 0.717) is 0 Å². The van der Waals surface area contributed by atoms with Gasteiger partial charge in [0.05, 0.1) is 6.04 Å². The highest BCUT2D eigenvalue weighted by atomic mass is 15.4. The van der Waals surface area contributed by atoms with Gasteiger partial charge in [-0.3, -0.25) is 10.8 Å². The number of piperidine rings is 1. The predicted molar refractivity (Wildman–Crippen MR) is 59.7 cm³/mol. The molecule has 0 saturated carbocycles. The molecule has 0 unspecified atom stereocenters. The van der Waals surface area contributed by atoms with Crippen molar-refractivity contribution in [1.29, 1.82) is 0 Å². The smallest absolute Gasteiger partial charge is 0.0506 e. The van der Waals surface area contributed by atoms with Gasteiger partial charge in [0.1, 0.15) is 0 Å². The molecule has 0 spiro atoms. The highest BCUT2D eigenvalue weighted by molar-refractivity contribution is 5.33. The number of aromatic nitrogens is 1. The van der Waals surface area contributed by atoms with Gasteiger partial charge < -0.3 is 0 Å². The van der Waals surface area contributed by atoms with Crippen LogP contribution in [0.15, 0.2) is 18.5 Å². The molecule has 3 heteroatoms. The zero-order chi connectivity index (χ0) is 10.7. The first kappa shape index (κ1) is 10.2. The Kier molecular flexibility index (Phi) is 3.00. The maximum atomic E-state index is 5.96. The van der Waals surface area contributed by atoms with Gasteiger partial charge in [-0.15, -0.1) is 6.42 Å². The van der Waals surface area contributed by atoms with Crippen LogP contribution in [0.5, 0.6) is 0 Å². The highest BCUT2D eigenvalue weighted by Gasteiger charge is 2.21. The molecule has 1 aromatic rings. The molecule has 0 aliphatic carbocycles. The molecule has 2 rings (SSSR count). The van der Waals surface area contributed by atoms with E-state index in [0.717, 1.165) is 24.1 Å². The third-order valence-electron chi connectivity index (χ3n) is 2.86. The first-order valence-electron chi connectivity index (χ1n) is 5.24. The van der Waals surface area contributed by atoms with Crippen LogP contribution in [0.4, 0.5) is 0 Å². The van der Waals surface area contributed by atoms with Crippen molar-refractivity contribution in [1.82, 2.24) is 9.99 Å². The summed E-state index contributed by atoms with van der Waals surface area (Å²) in [5.41, 5.74) is 1.96. The summed E-state index contributed by atoms with van der Waals surface area (Å²) in [7, 11) is 0. The first-order valence-corrected chi connectivity index (χ1v) is 5.24. The predicted octanol–water partition coefficient (Wildman–Crippen LogP) is 1.46. The Morgan fingerprint density at radius 3 is 3.07 bits per heavy atom. The van der Waals surface area contributed by atoms with Crippen LogP contribution < -0.4 is 5.84 Å². The second kappa shape index (κ2) is 4.43. The third kappa shape index (κ3) is 2.17. The molecule has 15 heavy (non-hydrogen) atoms. The molecule has 0 radical (unpaired) electrons. The maximum Gasteiger partial charge on any atom is 0.0506 e. The first-order chi connectivity index (χ1) is 7.31. The second-order valence-corrected chi connectivity index (χ2v) is 3.90. The van der Waals surface area contributed by atoms with Crippen molar-refractivity contribution in [3.63, 3.8) is 0 Å². The van der Waals surface area contributed by atoms with Gasteiger partial charge >= 0.3 is 0 Å². The number of rotatable bonds is 1. The Balaban J connectivity index is 2.24. The average Bonchev–Trinajstić information content (AvgIpc) is 2.30. The Morgan fingerprint density at radius 2 is 2.33 bits per heavy atom. The van der Waals surface area contributed by atoms with Gasteiger partial charge in [-0.05, 0) is 24.5 Å². The quantitative estimate of drug-likeness (QED) is 0.552. The summed E-state index contributed by atoms with van der Waals surface area (Å²) in [6.07, 6.45) is 12.4. The number of nitrogens with zero attached hydrogens (tertiary/aromatic N) is 2. The van der Waals surface area contributed by atoms with E-state index in [-0.39, 0.29) is 6.04 Å². The van der Waals surface area contributed by atoms with E-state index in [1.807, 2.05) is 17.3 Å². The summed E-state index contributed by atoms with van der Waals surface area (Å²) >= 11 is 0. The lowest BCUT2D eigenvalue weighted by Gasteiger charge is -2.31. The largest absolute Gasteiger partial charge is 0.268 e. The van der Waals surface area contributed by atoms with Gasteiger partial charge in [0.2, 0.25) is 0 Å². The fraction of sp³-hybridized carbons (Fsp3) is 0.417. The van der Waals surface area contributed by atoms with Crippen LogP contribution in [-0.2, 0) is 0 Å². The maximum absolute atomic E-state index is 5.96. The number of nitrogens with two attached hydrogens (primary N) is 1. The summed E-state index contributed by atoms with van der Waals surface area (Å²) in [4.78, 5) is 4.14. The number of pyridine rings is 1. The molecule has 1 saturated heterocycles. The monoisotopic (exact) mass is 201 g/mol. The molecule has 1 aliphatic heterocycles. The lowest BCUT2D eigenvalue weighted by Crippen LogP contribution is -2.38. The third-order valence-corrected chi connectivity index (χ3v) is 2.86. The minimum absolute atomic E-state index is 0.277. The van der Waals surface area contributed by atoms with E-state index >= 15 is 0 Å². The van der Waals surface area contributed by atoms with E-state index in [2.05, 4.69) is 10.9 Å². The van der Waals surface area contributed by atoms with E-state index in [1.165, 1.54) is 12.8 Å². The van der Waals surface area contributed by atoms with E-state index < -0.39 is 0 Å². The molecular formula is C12H15N3. The van der Waals surface area contributed by atoms with Crippen LogP contribution in [0.2, 0.25) is 0 Å². The molecule has 1 aliphatic rings. The summed E-state index contributed by atoms with van der Waals surface area (Å²) < 4.78 is 0. The van der Waals surface area contributed by atoms with Crippen molar-refractivity contribution >= 4 is 0 Å². The summed E-state index contributed by atoms with van der Waals surface area (Å²) in [6.45, 7) is 0.949. The lowest BCUT2D eigenvalue weighted by molar-refractivity contribution is 0.151. The molecule has 78 valence electrons. The van der Waals surface area contributed by atoms with Crippen molar-refractivity contribution in [3.8, 4) is 12.3 Å². The SMILES string of the molecule is C#Cc1cncc([C@H]2CCCCN2N)c1. The van der Waals surface area contributed by atoms with Crippen molar-refractivity contribution in [2.75, 3.05) is 6.54 Å². The Hall–Kier alpha value is -1.37. The van der Waals surface area contributed by atoms with E-state index in [9.17, 15) is 0 Å². The summed E-state index contributed by atoms with van der Waals surface area (Å²) in [5.74, 6) is 8.56. The fourth-order valence-electron chi connectivity index (χ4n) is 2.03. The number of hydrazine groups is 1. The average molecular weight is 201 g/mol. The number of hydrogen-bond acceptors (Lipinski definition) is 3. The van der Waals surface area contributed by atoms with Gasteiger partial charge in [-0.1, -0.05) is 12.3 Å². The molecule has 2 N–H and O–H groups in total. The summed E-state index contributed by atoms with van der Waals surface area (Å²) in [5, 5.41) is 1.89. The zero-order valence-electron chi connectivity index (χ0n) is 8.69. The molecule has 2 heterocycles. The van der Waals surface area contributed by atoms with Crippen LogP contribution in [-0.4, -0.2) is 16.5 Å². The fourth-order valence-corrected chi connectivity index (χ4v) is 2.03. The minimum atomic E-state index is 0.277.